The van der Waals surface area contributed by atoms with E-state index in [0.29, 0.717) is 0 Å². The summed E-state index contributed by atoms with van der Waals surface area (Å²) in [5.74, 6) is 2.58. The largest absolute Gasteiger partial charge is 0.310 e. The summed E-state index contributed by atoms with van der Waals surface area (Å²) in [6.45, 7) is 1.69. The van der Waals surface area contributed by atoms with Crippen LogP contribution in [0, 0.1) is 12.3 Å². The Hall–Kier alpha value is -1.27. The Morgan fingerprint density at radius 1 is 1.75 bits per heavy atom. The first-order chi connectivity index (χ1) is 5.84. The number of aromatic nitrogens is 2. The van der Waals surface area contributed by atoms with E-state index in [2.05, 4.69) is 16.3 Å². The lowest BCUT2D eigenvalue weighted by molar-refractivity contribution is 0.632. The van der Waals surface area contributed by atoms with E-state index in [1.165, 1.54) is 5.69 Å². The van der Waals surface area contributed by atoms with Gasteiger partial charge in [-0.3, -0.25) is 4.68 Å². The number of nitrogens with zero attached hydrogens (tertiary/aromatic N) is 2. The van der Waals surface area contributed by atoms with E-state index >= 15 is 0 Å². The molecule has 1 aromatic heterocycles. The maximum atomic E-state index is 5.11. The molecule has 0 saturated carbocycles. The Labute approximate surface area is 72.8 Å². The predicted molar refractivity (Wildman–Crippen MR) is 48.4 cm³/mol. The van der Waals surface area contributed by atoms with Crippen molar-refractivity contribution in [1.29, 1.82) is 0 Å². The molecule has 0 aliphatic heterocycles. The standard InChI is InChI=1S/C9H13N3/c1-3-4-6-10-8-9-5-7-11-12(9)2/h1,5,7,10H,4,6,8H2,2H3. The van der Waals surface area contributed by atoms with E-state index in [-0.39, 0.29) is 0 Å². The van der Waals surface area contributed by atoms with E-state index in [0.717, 1.165) is 19.5 Å². The summed E-state index contributed by atoms with van der Waals surface area (Å²) in [5.41, 5.74) is 1.17. The average Bonchev–Trinajstić information content (AvgIpc) is 2.46. The van der Waals surface area contributed by atoms with E-state index in [1.54, 1.807) is 6.20 Å². The molecule has 0 unspecified atom stereocenters. The monoisotopic (exact) mass is 163 g/mol. The van der Waals surface area contributed by atoms with Crippen LogP contribution in [0.15, 0.2) is 12.3 Å². The van der Waals surface area contributed by atoms with Crippen molar-refractivity contribution >= 4 is 0 Å². The van der Waals surface area contributed by atoms with Crippen molar-refractivity contribution < 1.29 is 0 Å². The van der Waals surface area contributed by atoms with Crippen LogP contribution in [0.2, 0.25) is 0 Å². The Bertz CT molecular complexity index is 270. The van der Waals surface area contributed by atoms with Gasteiger partial charge in [0.25, 0.3) is 0 Å². The SMILES string of the molecule is C#CCCNCc1ccnn1C. The lowest BCUT2D eigenvalue weighted by Crippen LogP contribution is -2.16. The van der Waals surface area contributed by atoms with Gasteiger partial charge in [0.05, 0.1) is 5.69 Å². The quantitative estimate of drug-likeness (QED) is 0.518. The summed E-state index contributed by atoms with van der Waals surface area (Å²) in [7, 11) is 1.93. The molecule has 12 heavy (non-hydrogen) atoms. The second-order valence-electron chi connectivity index (χ2n) is 2.58. The average molecular weight is 163 g/mol. The third-order valence-corrected chi connectivity index (χ3v) is 1.67. The molecule has 0 bridgehead atoms. The molecule has 0 atom stereocenters. The minimum Gasteiger partial charge on any atom is -0.310 e. The molecule has 3 heteroatoms. The Balaban J connectivity index is 2.25. The summed E-state index contributed by atoms with van der Waals surface area (Å²) in [5, 5.41) is 7.28. The zero-order valence-corrected chi connectivity index (χ0v) is 7.25. The van der Waals surface area contributed by atoms with Crippen LogP contribution < -0.4 is 5.32 Å². The van der Waals surface area contributed by atoms with E-state index in [4.69, 9.17) is 6.42 Å². The van der Waals surface area contributed by atoms with Crippen LogP contribution in [0.3, 0.4) is 0 Å². The Morgan fingerprint density at radius 3 is 3.17 bits per heavy atom. The summed E-state index contributed by atoms with van der Waals surface area (Å²) in [4.78, 5) is 0. The minimum absolute atomic E-state index is 0.776. The van der Waals surface area contributed by atoms with Gasteiger partial charge in [-0.2, -0.15) is 5.10 Å². The van der Waals surface area contributed by atoms with Gasteiger partial charge in [0.1, 0.15) is 0 Å². The summed E-state index contributed by atoms with van der Waals surface area (Å²) >= 11 is 0. The number of aryl methyl sites for hydroxylation is 1. The van der Waals surface area contributed by atoms with Crippen molar-refractivity contribution in [3.8, 4) is 12.3 Å². The molecule has 1 N–H and O–H groups in total. The van der Waals surface area contributed by atoms with Gasteiger partial charge in [-0.1, -0.05) is 0 Å². The fourth-order valence-electron chi connectivity index (χ4n) is 0.952. The van der Waals surface area contributed by atoms with Crippen LogP contribution in [0.4, 0.5) is 0 Å². The Morgan fingerprint density at radius 2 is 2.58 bits per heavy atom. The van der Waals surface area contributed by atoms with Crippen molar-refractivity contribution in [1.82, 2.24) is 15.1 Å². The van der Waals surface area contributed by atoms with Gasteiger partial charge in [-0.25, -0.2) is 0 Å². The predicted octanol–water partition coefficient (Wildman–Crippen LogP) is 0.533. The summed E-state index contributed by atoms with van der Waals surface area (Å²) < 4.78 is 1.85. The molecule has 1 heterocycles. The van der Waals surface area contributed by atoms with E-state index in [9.17, 15) is 0 Å². The highest BCUT2D eigenvalue weighted by Gasteiger charge is 1.95. The fraction of sp³-hybridized carbons (Fsp3) is 0.444. The number of terminal acetylenes is 1. The molecule has 0 aliphatic rings. The van der Waals surface area contributed by atoms with Crippen molar-refractivity contribution in [2.45, 2.75) is 13.0 Å². The smallest absolute Gasteiger partial charge is 0.0518 e. The second-order valence-corrected chi connectivity index (χ2v) is 2.58. The van der Waals surface area contributed by atoms with E-state index in [1.807, 2.05) is 17.8 Å². The van der Waals surface area contributed by atoms with Crippen LogP contribution in [0.5, 0.6) is 0 Å². The van der Waals surface area contributed by atoms with Crippen LogP contribution >= 0.6 is 0 Å². The summed E-state index contributed by atoms with van der Waals surface area (Å²) in [6, 6.07) is 1.99. The maximum Gasteiger partial charge on any atom is 0.0518 e. The normalized spacial score (nSPS) is 9.67. The van der Waals surface area contributed by atoms with Gasteiger partial charge >= 0.3 is 0 Å². The van der Waals surface area contributed by atoms with Gasteiger partial charge in [0, 0.05) is 32.8 Å². The zero-order chi connectivity index (χ0) is 8.81. The lowest BCUT2D eigenvalue weighted by Gasteiger charge is -2.02. The van der Waals surface area contributed by atoms with Crippen molar-refractivity contribution in [3.63, 3.8) is 0 Å². The molecule has 1 rings (SSSR count). The van der Waals surface area contributed by atoms with E-state index < -0.39 is 0 Å². The molecular formula is C9H13N3. The van der Waals surface area contributed by atoms with Gasteiger partial charge in [-0.05, 0) is 6.07 Å². The third kappa shape index (κ3) is 2.40. The van der Waals surface area contributed by atoms with Crippen molar-refractivity contribution in [2.24, 2.45) is 7.05 Å². The second kappa shape index (κ2) is 4.58. The highest BCUT2D eigenvalue weighted by Crippen LogP contribution is 1.94. The van der Waals surface area contributed by atoms with Crippen LogP contribution in [-0.2, 0) is 13.6 Å². The van der Waals surface area contributed by atoms with Crippen molar-refractivity contribution in [2.75, 3.05) is 6.54 Å². The number of nitrogens with one attached hydrogen (secondary N) is 1. The van der Waals surface area contributed by atoms with Crippen molar-refractivity contribution in [3.05, 3.63) is 18.0 Å². The minimum atomic E-state index is 0.776. The first-order valence-electron chi connectivity index (χ1n) is 3.95. The molecule has 0 radical (unpaired) electrons. The maximum absolute atomic E-state index is 5.11. The molecule has 0 aromatic carbocycles. The van der Waals surface area contributed by atoms with Crippen LogP contribution in [0.25, 0.3) is 0 Å². The number of hydrogen-bond acceptors (Lipinski definition) is 2. The zero-order valence-electron chi connectivity index (χ0n) is 7.25. The first kappa shape index (κ1) is 8.82. The topological polar surface area (TPSA) is 29.9 Å². The number of rotatable bonds is 4. The molecular weight excluding hydrogens is 150 g/mol. The highest BCUT2D eigenvalue weighted by molar-refractivity contribution is 4.99. The highest BCUT2D eigenvalue weighted by atomic mass is 15.3. The Kier molecular flexibility index (Phi) is 3.36. The molecule has 64 valence electrons. The first-order valence-corrected chi connectivity index (χ1v) is 3.95. The number of hydrogen-bond donors (Lipinski definition) is 1. The molecule has 0 spiro atoms. The van der Waals surface area contributed by atoms with Gasteiger partial charge < -0.3 is 5.32 Å². The fourth-order valence-corrected chi connectivity index (χ4v) is 0.952. The van der Waals surface area contributed by atoms with Crippen LogP contribution in [-0.4, -0.2) is 16.3 Å². The van der Waals surface area contributed by atoms with Crippen LogP contribution in [0.1, 0.15) is 12.1 Å². The van der Waals surface area contributed by atoms with Gasteiger partial charge in [-0.15, -0.1) is 12.3 Å². The molecule has 1 aromatic rings. The molecule has 0 aliphatic carbocycles. The van der Waals surface area contributed by atoms with Gasteiger partial charge in [0.15, 0.2) is 0 Å². The third-order valence-electron chi connectivity index (χ3n) is 1.67. The molecule has 0 fully saturated rings. The van der Waals surface area contributed by atoms with Gasteiger partial charge in [0.2, 0.25) is 0 Å². The molecule has 0 saturated heterocycles. The molecule has 3 nitrogen and oxygen atoms in total. The summed E-state index contributed by atoms with van der Waals surface area (Å²) in [6.07, 6.45) is 7.68. The molecule has 0 amide bonds. The lowest BCUT2D eigenvalue weighted by atomic mass is 10.4.